The molecule has 0 bridgehead atoms. The molecule has 1 fully saturated rings. The smallest absolute Gasteiger partial charge is 0.192 e. The molecule has 0 radical (unpaired) electrons. The second-order valence-electron chi connectivity index (χ2n) is 7.29. The molecule has 1 aliphatic carbocycles. The van der Waals surface area contributed by atoms with Gasteiger partial charge in [-0.15, -0.1) is 10.2 Å². The van der Waals surface area contributed by atoms with Crippen molar-refractivity contribution in [2.75, 3.05) is 19.0 Å². The molecule has 5 rings (SSSR count). The lowest BCUT2D eigenvalue weighted by Gasteiger charge is -2.18. The van der Waals surface area contributed by atoms with Crippen LogP contribution in [0.25, 0.3) is 0 Å². The molecule has 9 heteroatoms. The Bertz CT molecular complexity index is 1120. The van der Waals surface area contributed by atoms with Crippen molar-refractivity contribution in [3.8, 4) is 17.2 Å². The summed E-state index contributed by atoms with van der Waals surface area (Å²) in [5.41, 5.74) is 0.594. The van der Waals surface area contributed by atoms with E-state index in [4.69, 9.17) is 25.8 Å². The SMILES string of the molecule is O=C(CSc1nnc(COc2ccccc2Cl)n1C1CC1)c1ccc2c(c1)OCCO2. The summed E-state index contributed by atoms with van der Waals surface area (Å²) >= 11 is 7.56. The molecule has 0 spiro atoms. The Labute approximate surface area is 188 Å². The van der Waals surface area contributed by atoms with Gasteiger partial charge in [-0.2, -0.15) is 0 Å². The second kappa shape index (κ2) is 8.80. The zero-order valence-corrected chi connectivity index (χ0v) is 18.2. The molecule has 3 aromatic rings. The standard InChI is InChI=1S/C22H20ClN3O4S/c23-16-3-1-2-4-18(16)30-12-21-24-25-22(26(21)15-6-7-15)31-13-17(27)14-5-8-19-20(11-14)29-10-9-28-19/h1-5,8,11,15H,6-7,9-10,12-13H2. The minimum atomic E-state index is 0.00110. The monoisotopic (exact) mass is 457 g/mol. The van der Waals surface area contributed by atoms with Crippen LogP contribution in [0.2, 0.25) is 5.02 Å². The quantitative estimate of drug-likeness (QED) is 0.361. The molecule has 0 atom stereocenters. The number of hydrogen-bond donors (Lipinski definition) is 0. The molecule has 1 aromatic heterocycles. The number of ether oxygens (including phenoxy) is 3. The Morgan fingerprint density at radius 3 is 2.74 bits per heavy atom. The van der Waals surface area contributed by atoms with Crippen molar-refractivity contribution in [1.82, 2.24) is 14.8 Å². The highest BCUT2D eigenvalue weighted by Crippen LogP contribution is 2.39. The highest BCUT2D eigenvalue weighted by Gasteiger charge is 2.30. The molecule has 2 heterocycles. The van der Waals surface area contributed by atoms with E-state index in [2.05, 4.69) is 14.8 Å². The molecule has 31 heavy (non-hydrogen) atoms. The topological polar surface area (TPSA) is 75.5 Å². The number of carbonyl (C=O) groups is 1. The average Bonchev–Trinajstić information content (AvgIpc) is 3.56. The first kappa shape index (κ1) is 20.2. The summed E-state index contributed by atoms with van der Waals surface area (Å²) in [6, 6.07) is 13.0. The van der Waals surface area contributed by atoms with Crippen LogP contribution in [0.5, 0.6) is 17.2 Å². The van der Waals surface area contributed by atoms with Crippen LogP contribution >= 0.6 is 23.4 Å². The van der Waals surface area contributed by atoms with Gasteiger partial charge in [-0.25, -0.2) is 0 Å². The summed E-state index contributed by atoms with van der Waals surface area (Å²) in [4.78, 5) is 12.7. The van der Waals surface area contributed by atoms with Gasteiger partial charge >= 0.3 is 0 Å². The molecular formula is C22H20ClN3O4S. The number of aromatic nitrogens is 3. The van der Waals surface area contributed by atoms with E-state index in [1.807, 2.05) is 18.2 Å². The molecule has 0 unspecified atom stereocenters. The number of hydrogen-bond acceptors (Lipinski definition) is 7. The maximum atomic E-state index is 12.7. The third-order valence-corrected chi connectivity index (χ3v) is 6.29. The minimum absolute atomic E-state index is 0.00110. The van der Waals surface area contributed by atoms with Crippen LogP contribution in [0.15, 0.2) is 47.6 Å². The second-order valence-corrected chi connectivity index (χ2v) is 8.64. The first-order valence-corrected chi connectivity index (χ1v) is 11.4. The minimum Gasteiger partial charge on any atom is -0.486 e. The summed E-state index contributed by atoms with van der Waals surface area (Å²) in [7, 11) is 0. The van der Waals surface area contributed by atoms with Gasteiger partial charge in [0.25, 0.3) is 0 Å². The number of rotatable bonds is 8. The lowest BCUT2D eigenvalue weighted by molar-refractivity contribution is 0.102. The van der Waals surface area contributed by atoms with Crippen molar-refractivity contribution in [3.63, 3.8) is 0 Å². The van der Waals surface area contributed by atoms with Crippen LogP contribution in [0.3, 0.4) is 0 Å². The fourth-order valence-electron chi connectivity index (χ4n) is 3.34. The number of Topliss-reactive ketones (excluding diaryl/α,β-unsaturated/α-hetero) is 1. The largest absolute Gasteiger partial charge is 0.486 e. The van der Waals surface area contributed by atoms with Crippen LogP contribution in [0, 0.1) is 0 Å². The molecular weight excluding hydrogens is 438 g/mol. The first-order valence-electron chi connectivity index (χ1n) is 10.1. The summed E-state index contributed by atoms with van der Waals surface area (Å²) < 4.78 is 19.0. The van der Waals surface area contributed by atoms with E-state index < -0.39 is 0 Å². The van der Waals surface area contributed by atoms with Crippen LogP contribution in [-0.4, -0.2) is 39.5 Å². The van der Waals surface area contributed by atoms with Crippen LogP contribution in [0.1, 0.15) is 35.1 Å². The van der Waals surface area contributed by atoms with Crippen molar-refractivity contribution in [3.05, 3.63) is 58.9 Å². The molecule has 0 saturated heterocycles. The van der Waals surface area contributed by atoms with E-state index in [1.165, 1.54) is 11.8 Å². The van der Waals surface area contributed by atoms with E-state index in [0.717, 1.165) is 23.8 Å². The number of ketones is 1. The zero-order chi connectivity index (χ0) is 21.2. The van der Waals surface area contributed by atoms with Gasteiger partial charge in [-0.3, -0.25) is 9.36 Å². The molecule has 0 amide bonds. The van der Waals surface area contributed by atoms with Gasteiger partial charge in [-0.05, 0) is 43.2 Å². The average molecular weight is 458 g/mol. The molecule has 2 aliphatic rings. The van der Waals surface area contributed by atoms with Gasteiger partial charge in [0.05, 0.1) is 10.8 Å². The van der Waals surface area contributed by atoms with Crippen molar-refractivity contribution >= 4 is 29.1 Å². The number of thioether (sulfide) groups is 1. The van der Waals surface area contributed by atoms with E-state index in [0.29, 0.717) is 47.1 Å². The predicted molar refractivity (Wildman–Crippen MR) is 117 cm³/mol. The summed E-state index contributed by atoms with van der Waals surface area (Å²) in [6.07, 6.45) is 2.14. The van der Waals surface area contributed by atoms with E-state index >= 15 is 0 Å². The van der Waals surface area contributed by atoms with Gasteiger partial charge in [0.1, 0.15) is 25.6 Å². The Morgan fingerprint density at radius 2 is 1.94 bits per heavy atom. The molecule has 160 valence electrons. The zero-order valence-electron chi connectivity index (χ0n) is 16.6. The summed E-state index contributed by atoms with van der Waals surface area (Å²) in [6.45, 7) is 1.28. The van der Waals surface area contributed by atoms with E-state index in [1.54, 1.807) is 24.3 Å². The third kappa shape index (κ3) is 4.50. The number of benzene rings is 2. The molecule has 7 nitrogen and oxygen atoms in total. The summed E-state index contributed by atoms with van der Waals surface area (Å²) in [5, 5.41) is 9.90. The summed E-state index contributed by atoms with van der Waals surface area (Å²) in [5.74, 6) is 2.89. The van der Waals surface area contributed by atoms with Crippen LogP contribution in [-0.2, 0) is 6.61 Å². The number of carbonyl (C=O) groups excluding carboxylic acids is 1. The molecule has 0 N–H and O–H groups in total. The third-order valence-electron chi connectivity index (χ3n) is 5.04. The van der Waals surface area contributed by atoms with Crippen molar-refractivity contribution < 1.29 is 19.0 Å². The molecule has 1 aliphatic heterocycles. The van der Waals surface area contributed by atoms with Crippen molar-refractivity contribution in [2.45, 2.75) is 30.6 Å². The maximum Gasteiger partial charge on any atom is 0.192 e. The Kier molecular flexibility index (Phi) is 5.74. The van der Waals surface area contributed by atoms with Gasteiger partial charge in [-0.1, -0.05) is 35.5 Å². The van der Waals surface area contributed by atoms with Crippen LogP contribution in [0.4, 0.5) is 0 Å². The highest BCUT2D eigenvalue weighted by molar-refractivity contribution is 7.99. The lowest BCUT2D eigenvalue weighted by atomic mass is 10.1. The van der Waals surface area contributed by atoms with Crippen LogP contribution < -0.4 is 14.2 Å². The maximum absolute atomic E-state index is 12.7. The Hall–Kier alpha value is -2.71. The van der Waals surface area contributed by atoms with Gasteiger partial charge in [0.2, 0.25) is 0 Å². The molecule has 2 aromatic carbocycles. The Morgan fingerprint density at radius 1 is 1.13 bits per heavy atom. The van der Waals surface area contributed by atoms with Gasteiger partial charge in [0.15, 0.2) is 28.3 Å². The van der Waals surface area contributed by atoms with Crippen molar-refractivity contribution in [2.24, 2.45) is 0 Å². The Balaban J connectivity index is 1.26. The lowest BCUT2D eigenvalue weighted by Crippen LogP contribution is -2.16. The van der Waals surface area contributed by atoms with Crippen molar-refractivity contribution in [1.29, 1.82) is 0 Å². The number of nitrogens with zero attached hydrogens (tertiary/aromatic N) is 3. The highest BCUT2D eigenvalue weighted by atomic mass is 35.5. The normalized spacial score (nSPS) is 15.0. The van der Waals surface area contributed by atoms with E-state index in [9.17, 15) is 4.79 Å². The number of halogens is 1. The number of para-hydroxylation sites is 1. The van der Waals surface area contributed by atoms with E-state index in [-0.39, 0.29) is 18.1 Å². The van der Waals surface area contributed by atoms with Gasteiger partial charge < -0.3 is 14.2 Å². The predicted octanol–water partition coefficient (Wildman–Crippen LogP) is 4.59. The first-order chi connectivity index (χ1) is 15.2. The molecule has 1 saturated carbocycles. The fraction of sp³-hybridized carbons (Fsp3) is 0.318. The fourth-order valence-corrected chi connectivity index (χ4v) is 4.45. The number of fused-ring (bicyclic) bond motifs is 1. The van der Waals surface area contributed by atoms with Gasteiger partial charge in [0, 0.05) is 11.6 Å².